The molecule has 1 fully saturated rings. The summed E-state index contributed by atoms with van der Waals surface area (Å²) in [4.78, 5) is 0. The van der Waals surface area contributed by atoms with Gasteiger partial charge < -0.3 is 5.73 Å². The van der Waals surface area contributed by atoms with Crippen LogP contribution in [-0.4, -0.2) is 11.3 Å². The van der Waals surface area contributed by atoms with Crippen LogP contribution in [0.1, 0.15) is 33.1 Å². The topological polar surface area (TPSA) is 26.0 Å². The predicted octanol–water partition coefficient (Wildman–Crippen LogP) is 2.07. The highest BCUT2D eigenvalue weighted by atomic mass is 32.1. The van der Waals surface area contributed by atoms with Crippen LogP contribution in [0.5, 0.6) is 0 Å². The Bertz CT molecular complexity index is 284. The Labute approximate surface area is 92.2 Å². The number of thiol groups is 1. The summed E-state index contributed by atoms with van der Waals surface area (Å²) in [5.41, 5.74) is 6.43. The van der Waals surface area contributed by atoms with Crippen molar-refractivity contribution in [3.8, 4) is 11.8 Å². The van der Waals surface area contributed by atoms with Crippen molar-refractivity contribution in [2.75, 3.05) is 0 Å². The van der Waals surface area contributed by atoms with Gasteiger partial charge in [0.25, 0.3) is 0 Å². The van der Waals surface area contributed by atoms with Crippen molar-refractivity contribution >= 4 is 12.6 Å². The Morgan fingerprint density at radius 3 is 3.00 bits per heavy atom. The molecule has 0 spiro atoms. The highest BCUT2D eigenvalue weighted by Gasteiger charge is 2.51. The van der Waals surface area contributed by atoms with Crippen molar-refractivity contribution in [3.63, 3.8) is 0 Å². The summed E-state index contributed by atoms with van der Waals surface area (Å²) in [6, 6.07) is 0.338. The number of rotatable bonds is 2. The number of hydrogen-bond acceptors (Lipinski definition) is 2. The molecule has 2 aliphatic rings. The zero-order valence-electron chi connectivity index (χ0n) is 8.96. The molecule has 14 heavy (non-hydrogen) atoms. The van der Waals surface area contributed by atoms with E-state index in [1.165, 1.54) is 6.42 Å². The third-order valence-corrected chi connectivity index (χ3v) is 4.02. The quantitative estimate of drug-likeness (QED) is 0.528. The summed E-state index contributed by atoms with van der Waals surface area (Å²) >= 11 is 4.50. The third kappa shape index (κ3) is 1.47. The molecule has 0 amide bonds. The van der Waals surface area contributed by atoms with E-state index < -0.39 is 0 Å². The third-order valence-electron chi connectivity index (χ3n) is 3.84. The first-order valence-corrected chi connectivity index (χ1v) is 6.00. The molecule has 0 radical (unpaired) electrons. The summed E-state index contributed by atoms with van der Waals surface area (Å²) < 4.78 is 0. The zero-order valence-corrected chi connectivity index (χ0v) is 9.85. The van der Waals surface area contributed by atoms with E-state index in [9.17, 15) is 0 Å². The van der Waals surface area contributed by atoms with Crippen LogP contribution in [0.2, 0.25) is 0 Å². The minimum Gasteiger partial charge on any atom is -0.327 e. The molecule has 2 unspecified atom stereocenters. The monoisotopic (exact) mass is 209 g/mol. The van der Waals surface area contributed by atoms with Crippen LogP contribution in [0.3, 0.4) is 0 Å². The maximum Gasteiger partial charge on any atom is 0.0380 e. The van der Waals surface area contributed by atoms with Gasteiger partial charge in [-0.25, -0.2) is 0 Å². The maximum absolute atomic E-state index is 6.22. The lowest BCUT2D eigenvalue weighted by Gasteiger charge is -2.29. The van der Waals surface area contributed by atoms with Gasteiger partial charge in [0.15, 0.2) is 0 Å². The van der Waals surface area contributed by atoms with Gasteiger partial charge in [0.2, 0.25) is 0 Å². The number of hydrogen-bond donors (Lipinski definition) is 2. The lowest BCUT2D eigenvalue weighted by atomic mass is 9.76. The SMILES string of the molecule is CC(S)C[C@@]12C#CC[C@H]1C(N)[C@@H](C)C2. The van der Waals surface area contributed by atoms with Gasteiger partial charge in [-0.2, -0.15) is 12.6 Å². The van der Waals surface area contributed by atoms with Gasteiger partial charge in [0.05, 0.1) is 0 Å². The Kier molecular flexibility index (Phi) is 2.57. The van der Waals surface area contributed by atoms with Crippen LogP contribution in [0.25, 0.3) is 0 Å². The van der Waals surface area contributed by atoms with Crippen LogP contribution in [-0.2, 0) is 0 Å². The van der Waals surface area contributed by atoms with Crippen molar-refractivity contribution in [1.29, 1.82) is 0 Å². The molecule has 0 aromatic carbocycles. The second-order valence-electron chi connectivity index (χ2n) is 5.08. The van der Waals surface area contributed by atoms with Crippen LogP contribution < -0.4 is 5.73 Å². The molecule has 1 nitrogen and oxygen atoms in total. The van der Waals surface area contributed by atoms with E-state index in [1.54, 1.807) is 0 Å². The molecular formula is C12H19NS. The van der Waals surface area contributed by atoms with Gasteiger partial charge in [-0.15, -0.1) is 5.92 Å². The summed E-state index contributed by atoms with van der Waals surface area (Å²) in [5.74, 6) is 7.91. The molecular weight excluding hydrogens is 190 g/mol. The molecule has 0 bridgehead atoms. The van der Waals surface area contributed by atoms with Crippen LogP contribution in [0.4, 0.5) is 0 Å². The van der Waals surface area contributed by atoms with Crippen molar-refractivity contribution in [1.82, 2.24) is 0 Å². The van der Waals surface area contributed by atoms with Crippen LogP contribution in [0, 0.1) is 29.1 Å². The molecule has 2 N–H and O–H groups in total. The summed E-state index contributed by atoms with van der Waals surface area (Å²) in [5, 5.41) is 0.433. The Hall–Kier alpha value is -0.130. The van der Waals surface area contributed by atoms with Gasteiger partial charge in [-0.3, -0.25) is 0 Å². The average molecular weight is 209 g/mol. The van der Waals surface area contributed by atoms with Crippen molar-refractivity contribution in [3.05, 3.63) is 0 Å². The fraction of sp³-hybridized carbons (Fsp3) is 0.833. The van der Waals surface area contributed by atoms with E-state index >= 15 is 0 Å². The highest BCUT2D eigenvalue weighted by molar-refractivity contribution is 7.80. The second-order valence-corrected chi connectivity index (χ2v) is 5.96. The van der Waals surface area contributed by atoms with Crippen LogP contribution >= 0.6 is 12.6 Å². The molecule has 1 saturated carbocycles. The molecule has 2 heteroatoms. The largest absolute Gasteiger partial charge is 0.327 e. The molecule has 0 aromatic heterocycles. The minimum atomic E-state index is 0.208. The molecule has 0 saturated heterocycles. The van der Waals surface area contributed by atoms with Gasteiger partial charge in [-0.1, -0.05) is 19.8 Å². The molecule has 5 atom stereocenters. The van der Waals surface area contributed by atoms with Gasteiger partial charge in [-0.05, 0) is 18.8 Å². The van der Waals surface area contributed by atoms with E-state index in [2.05, 4.69) is 38.3 Å². The highest BCUT2D eigenvalue weighted by Crippen LogP contribution is 2.52. The molecule has 0 heterocycles. The fourth-order valence-corrected chi connectivity index (χ4v) is 3.58. The summed E-state index contributed by atoms with van der Waals surface area (Å²) in [7, 11) is 0. The normalized spacial score (nSPS) is 47.0. The van der Waals surface area contributed by atoms with E-state index in [4.69, 9.17) is 5.73 Å². The van der Waals surface area contributed by atoms with E-state index in [0.717, 1.165) is 12.8 Å². The lowest BCUT2D eigenvalue weighted by Crippen LogP contribution is -2.34. The summed E-state index contributed by atoms with van der Waals surface area (Å²) in [6.45, 7) is 4.42. The molecule has 0 aromatic rings. The number of nitrogens with two attached hydrogens (primary N) is 1. The zero-order chi connectivity index (χ0) is 10.3. The lowest BCUT2D eigenvalue weighted by molar-refractivity contribution is 0.273. The number of fused-ring (bicyclic) bond motifs is 1. The second kappa shape index (κ2) is 3.47. The Morgan fingerprint density at radius 1 is 1.64 bits per heavy atom. The Balaban J connectivity index is 2.21. The standard InChI is InChI=1S/C12H19NS/c1-8-6-12(7-9(2)14)5-3-4-10(12)11(8)13/h8-11,14H,4,6-7,13H2,1-2H3/t8-,9?,10-,11?,12-/m0/s1. The first kappa shape index (κ1) is 10.4. The predicted molar refractivity (Wildman–Crippen MR) is 63.1 cm³/mol. The molecule has 78 valence electrons. The minimum absolute atomic E-state index is 0.208. The van der Waals surface area contributed by atoms with Crippen molar-refractivity contribution < 1.29 is 0 Å². The van der Waals surface area contributed by atoms with E-state index in [1.807, 2.05) is 0 Å². The van der Waals surface area contributed by atoms with Gasteiger partial charge >= 0.3 is 0 Å². The maximum atomic E-state index is 6.22. The van der Waals surface area contributed by atoms with Crippen molar-refractivity contribution in [2.24, 2.45) is 23.0 Å². The molecule has 0 aliphatic heterocycles. The van der Waals surface area contributed by atoms with Crippen molar-refractivity contribution in [2.45, 2.75) is 44.4 Å². The first-order valence-electron chi connectivity index (χ1n) is 5.49. The average Bonchev–Trinajstić information content (AvgIpc) is 2.53. The molecule has 2 aliphatic carbocycles. The fourth-order valence-electron chi connectivity index (χ4n) is 3.25. The van der Waals surface area contributed by atoms with Gasteiger partial charge in [0.1, 0.15) is 0 Å². The van der Waals surface area contributed by atoms with Gasteiger partial charge in [0, 0.05) is 29.0 Å². The van der Waals surface area contributed by atoms with E-state index in [-0.39, 0.29) is 5.41 Å². The van der Waals surface area contributed by atoms with E-state index in [0.29, 0.717) is 23.1 Å². The van der Waals surface area contributed by atoms with Crippen LogP contribution in [0.15, 0.2) is 0 Å². The first-order chi connectivity index (χ1) is 6.55. The smallest absolute Gasteiger partial charge is 0.0380 e. The Morgan fingerprint density at radius 2 is 2.36 bits per heavy atom. The summed E-state index contributed by atoms with van der Waals surface area (Å²) in [6.07, 6.45) is 3.29. The molecule has 2 rings (SSSR count).